The van der Waals surface area contributed by atoms with E-state index < -0.39 is 33.4 Å². The zero-order valence-corrected chi connectivity index (χ0v) is 14.3. The number of carbonyl (C=O) groups is 2. The van der Waals surface area contributed by atoms with Crippen LogP contribution in [0.5, 0.6) is 0 Å². The van der Waals surface area contributed by atoms with Gasteiger partial charge in [-0.05, 0) is 37.5 Å². The van der Waals surface area contributed by atoms with Crippen LogP contribution < -0.4 is 10.5 Å². The molecule has 0 spiro atoms. The molecule has 1 amide bonds. The molecule has 1 aliphatic carbocycles. The molecule has 1 saturated carbocycles. The molecule has 0 saturated heterocycles. The maximum absolute atomic E-state index is 12.5. The van der Waals surface area contributed by atoms with Crippen molar-refractivity contribution in [2.75, 3.05) is 0 Å². The Kier molecular flexibility index (Phi) is 5.29. The quantitative estimate of drug-likeness (QED) is 0.733. The molecule has 2 unspecified atom stereocenters. The molecule has 1 aliphatic rings. The number of hydrogen-bond donors (Lipinski definition) is 3. The number of carbonyl (C=O) groups excluding carboxylic acids is 1. The Labute approximate surface area is 141 Å². The molecule has 4 N–H and O–H groups in total. The number of primary sulfonamides is 1. The van der Waals surface area contributed by atoms with E-state index in [4.69, 9.17) is 5.14 Å². The molecule has 1 fully saturated rings. The predicted molar refractivity (Wildman–Crippen MR) is 88.7 cm³/mol. The largest absolute Gasteiger partial charge is 0.481 e. The molecule has 7 nitrogen and oxygen atoms in total. The molecule has 1 aromatic rings. The van der Waals surface area contributed by atoms with Gasteiger partial charge in [-0.25, -0.2) is 13.6 Å². The third-order valence-corrected chi connectivity index (χ3v) is 5.20. The highest BCUT2D eigenvalue weighted by Crippen LogP contribution is 2.34. The van der Waals surface area contributed by atoms with Crippen LogP contribution in [0.1, 0.15) is 48.5 Å². The van der Waals surface area contributed by atoms with Gasteiger partial charge in [0.05, 0.1) is 17.2 Å². The Balaban J connectivity index is 2.19. The normalized spacial score (nSPS) is 24.3. The lowest BCUT2D eigenvalue weighted by Crippen LogP contribution is -2.55. The predicted octanol–water partition coefficient (Wildman–Crippen LogP) is 1.24. The third-order valence-electron chi connectivity index (χ3n) is 4.46. The van der Waals surface area contributed by atoms with E-state index in [9.17, 15) is 23.1 Å². The standard InChI is InChI=1S/C16H22N2O5S/c1-16(8-3-2-7-13(16)15(20)21)18-14(19)12-6-4-5-11(9-12)10-24(17,22)23/h4-6,9,13H,2-3,7-8,10H2,1H3,(H,18,19)(H,20,21)(H2,17,22,23). The molecule has 2 atom stereocenters. The summed E-state index contributed by atoms with van der Waals surface area (Å²) in [6, 6.07) is 6.17. The van der Waals surface area contributed by atoms with Crippen molar-refractivity contribution < 1.29 is 23.1 Å². The van der Waals surface area contributed by atoms with Gasteiger partial charge >= 0.3 is 5.97 Å². The minimum atomic E-state index is -3.69. The summed E-state index contributed by atoms with van der Waals surface area (Å²) >= 11 is 0. The van der Waals surface area contributed by atoms with Crippen molar-refractivity contribution in [2.24, 2.45) is 11.1 Å². The fraction of sp³-hybridized carbons (Fsp3) is 0.500. The van der Waals surface area contributed by atoms with Crippen LogP contribution in [0.25, 0.3) is 0 Å². The van der Waals surface area contributed by atoms with Crippen LogP contribution in [0.3, 0.4) is 0 Å². The first-order valence-corrected chi connectivity index (χ1v) is 9.47. The van der Waals surface area contributed by atoms with Gasteiger partial charge in [-0.3, -0.25) is 9.59 Å². The highest BCUT2D eigenvalue weighted by Gasteiger charge is 2.42. The second-order valence-corrected chi connectivity index (χ2v) is 8.13. The summed E-state index contributed by atoms with van der Waals surface area (Å²) in [5.74, 6) is -2.33. The van der Waals surface area contributed by atoms with Gasteiger partial charge in [0.15, 0.2) is 0 Å². The molecule has 2 rings (SSSR count). The van der Waals surface area contributed by atoms with Crippen LogP contribution in [-0.2, 0) is 20.6 Å². The summed E-state index contributed by atoms with van der Waals surface area (Å²) in [7, 11) is -3.69. The van der Waals surface area contributed by atoms with Crippen LogP contribution in [0.2, 0.25) is 0 Å². The Morgan fingerprint density at radius 3 is 2.71 bits per heavy atom. The molecular weight excluding hydrogens is 332 g/mol. The van der Waals surface area contributed by atoms with Crippen LogP contribution >= 0.6 is 0 Å². The van der Waals surface area contributed by atoms with E-state index in [0.717, 1.165) is 12.8 Å². The summed E-state index contributed by atoms with van der Waals surface area (Å²) in [6.07, 6.45) is 2.79. The minimum Gasteiger partial charge on any atom is -0.481 e. The molecule has 0 heterocycles. The second kappa shape index (κ2) is 6.90. The molecule has 24 heavy (non-hydrogen) atoms. The number of nitrogens with two attached hydrogens (primary N) is 1. The molecule has 0 aromatic heterocycles. The van der Waals surface area contributed by atoms with E-state index in [0.29, 0.717) is 18.4 Å². The monoisotopic (exact) mass is 354 g/mol. The summed E-state index contributed by atoms with van der Waals surface area (Å²) in [5, 5.41) is 17.3. The van der Waals surface area contributed by atoms with Gasteiger partial charge in [-0.2, -0.15) is 0 Å². The Bertz CT molecular complexity index is 747. The lowest BCUT2D eigenvalue weighted by molar-refractivity contribution is -0.145. The highest BCUT2D eigenvalue weighted by molar-refractivity contribution is 7.88. The number of amides is 1. The van der Waals surface area contributed by atoms with Crippen LogP contribution in [0.15, 0.2) is 24.3 Å². The Morgan fingerprint density at radius 2 is 2.08 bits per heavy atom. The number of carboxylic acid groups (broad SMARTS) is 1. The summed E-state index contributed by atoms with van der Waals surface area (Å²) in [4.78, 5) is 24.0. The van der Waals surface area contributed by atoms with Crippen molar-refractivity contribution in [2.45, 2.75) is 43.9 Å². The van der Waals surface area contributed by atoms with Crippen LogP contribution in [-0.4, -0.2) is 30.9 Å². The Hall–Kier alpha value is -1.93. The van der Waals surface area contributed by atoms with Crippen molar-refractivity contribution in [3.05, 3.63) is 35.4 Å². The lowest BCUT2D eigenvalue weighted by Gasteiger charge is -2.39. The molecule has 132 valence electrons. The van der Waals surface area contributed by atoms with E-state index in [1.807, 2.05) is 0 Å². The van der Waals surface area contributed by atoms with Crippen molar-refractivity contribution in [1.82, 2.24) is 5.32 Å². The maximum atomic E-state index is 12.5. The molecule has 0 aliphatic heterocycles. The van der Waals surface area contributed by atoms with E-state index >= 15 is 0 Å². The zero-order valence-electron chi connectivity index (χ0n) is 13.5. The van der Waals surface area contributed by atoms with Gasteiger partial charge in [0.25, 0.3) is 5.91 Å². The van der Waals surface area contributed by atoms with Crippen molar-refractivity contribution in [3.8, 4) is 0 Å². The number of carboxylic acids is 1. The summed E-state index contributed by atoms with van der Waals surface area (Å²) < 4.78 is 22.4. The zero-order chi connectivity index (χ0) is 18.0. The molecule has 0 bridgehead atoms. The molecule has 0 radical (unpaired) electrons. The maximum Gasteiger partial charge on any atom is 0.308 e. The number of rotatable bonds is 5. The average Bonchev–Trinajstić information content (AvgIpc) is 2.45. The van der Waals surface area contributed by atoms with Crippen molar-refractivity contribution in [1.29, 1.82) is 0 Å². The van der Waals surface area contributed by atoms with Gasteiger partial charge in [0.2, 0.25) is 10.0 Å². The summed E-state index contributed by atoms with van der Waals surface area (Å²) in [5.41, 5.74) is -0.127. The van der Waals surface area contributed by atoms with E-state index in [2.05, 4.69) is 5.32 Å². The Morgan fingerprint density at radius 1 is 1.38 bits per heavy atom. The van der Waals surface area contributed by atoms with Crippen molar-refractivity contribution in [3.63, 3.8) is 0 Å². The van der Waals surface area contributed by atoms with Gasteiger partial charge in [-0.15, -0.1) is 0 Å². The fourth-order valence-corrected chi connectivity index (χ4v) is 3.89. The average molecular weight is 354 g/mol. The minimum absolute atomic E-state index is 0.284. The highest BCUT2D eigenvalue weighted by atomic mass is 32.2. The summed E-state index contributed by atoms with van der Waals surface area (Å²) in [6.45, 7) is 1.75. The first-order valence-electron chi connectivity index (χ1n) is 7.75. The molecule has 1 aromatic carbocycles. The lowest BCUT2D eigenvalue weighted by atomic mass is 9.73. The van der Waals surface area contributed by atoms with Gasteiger partial charge in [0.1, 0.15) is 0 Å². The topological polar surface area (TPSA) is 127 Å². The smallest absolute Gasteiger partial charge is 0.308 e. The number of hydrogen-bond acceptors (Lipinski definition) is 4. The second-order valence-electron chi connectivity index (χ2n) is 6.52. The SMILES string of the molecule is CC1(NC(=O)c2cccc(CS(N)(=O)=O)c2)CCCCC1C(=O)O. The van der Waals surface area contributed by atoms with Gasteiger partial charge in [0, 0.05) is 5.56 Å². The number of sulfonamides is 1. The third kappa shape index (κ3) is 4.55. The number of aliphatic carboxylic acids is 1. The van der Waals surface area contributed by atoms with E-state index in [1.54, 1.807) is 25.1 Å². The molecule has 8 heteroatoms. The first-order chi connectivity index (χ1) is 11.1. The van der Waals surface area contributed by atoms with Crippen LogP contribution in [0, 0.1) is 5.92 Å². The molecular formula is C16H22N2O5S. The van der Waals surface area contributed by atoms with E-state index in [-0.39, 0.29) is 11.3 Å². The first kappa shape index (κ1) is 18.4. The fourth-order valence-electron chi connectivity index (χ4n) is 3.25. The van der Waals surface area contributed by atoms with Crippen molar-refractivity contribution >= 4 is 21.9 Å². The van der Waals surface area contributed by atoms with Gasteiger partial charge in [-0.1, -0.05) is 25.0 Å². The number of nitrogens with one attached hydrogen (secondary N) is 1. The van der Waals surface area contributed by atoms with Crippen LogP contribution in [0.4, 0.5) is 0 Å². The van der Waals surface area contributed by atoms with Gasteiger partial charge < -0.3 is 10.4 Å². The number of benzene rings is 1. The van der Waals surface area contributed by atoms with E-state index in [1.165, 1.54) is 6.07 Å².